The standard InChI is InChI=1S/C22H29N3O/c1-3-5-6-7-13-18(12-4-2)26-22-17-11-10-16-21(22)25-23-19-14-8-9-15-20(19)24-25/h8-11,14-18H,3-7,12-13H2,1-2H3. The number of fused-ring (bicyclic) bond motifs is 1. The van der Waals surface area contributed by atoms with E-state index in [1.807, 2.05) is 48.5 Å². The minimum absolute atomic E-state index is 0.253. The van der Waals surface area contributed by atoms with Crippen molar-refractivity contribution in [3.63, 3.8) is 0 Å². The normalized spacial score (nSPS) is 12.4. The highest BCUT2D eigenvalue weighted by molar-refractivity contribution is 5.73. The second-order valence-electron chi connectivity index (χ2n) is 6.82. The zero-order chi connectivity index (χ0) is 18.2. The van der Waals surface area contributed by atoms with Crippen molar-refractivity contribution < 1.29 is 4.74 Å². The van der Waals surface area contributed by atoms with E-state index in [0.717, 1.165) is 41.7 Å². The SMILES string of the molecule is CCCCCCC(CCC)Oc1ccccc1-n1nc2ccccc2n1. The first-order valence-electron chi connectivity index (χ1n) is 9.90. The molecule has 1 atom stereocenters. The van der Waals surface area contributed by atoms with Crippen LogP contribution in [0, 0.1) is 0 Å². The smallest absolute Gasteiger partial charge is 0.147 e. The lowest BCUT2D eigenvalue weighted by atomic mass is 10.1. The molecule has 0 aliphatic heterocycles. The minimum Gasteiger partial charge on any atom is -0.488 e. The van der Waals surface area contributed by atoms with Crippen LogP contribution in [-0.4, -0.2) is 21.1 Å². The van der Waals surface area contributed by atoms with Crippen molar-refractivity contribution in [1.82, 2.24) is 15.0 Å². The number of benzene rings is 2. The van der Waals surface area contributed by atoms with E-state index in [9.17, 15) is 0 Å². The summed E-state index contributed by atoms with van der Waals surface area (Å²) in [5.41, 5.74) is 2.69. The molecular formula is C22H29N3O. The Balaban J connectivity index is 1.78. The van der Waals surface area contributed by atoms with Gasteiger partial charge in [-0.2, -0.15) is 0 Å². The van der Waals surface area contributed by atoms with Crippen molar-refractivity contribution in [2.75, 3.05) is 0 Å². The van der Waals surface area contributed by atoms with Crippen molar-refractivity contribution >= 4 is 11.0 Å². The molecule has 0 amide bonds. The summed E-state index contributed by atoms with van der Waals surface area (Å²) in [6, 6.07) is 16.0. The Hall–Kier alpha value is -2.36. The molecule has 138 valence electrons. The third-order valence-corrected chi connectivity index (χ3v) is 4.65. The number of nitrogens with zero attached hydrogens (tertiary/aromatic N) is 3. The Kier molecular flexibility index (Phi) is 6.64. The number of hydrogen-bond donors (Lipinski definition) is 0. The predicted molar refractivity (Wildman–Crippen MR) is 107 cm³/mol. The van der Waals surface area contributed by atoms with Gasteiger partial charge in [0, 0.05) is 0 Å². The van der Waals surface area contributed by atoms with Crippen LogP contribution in [0.5, 0.6) is 5.75 Å². The number of para-hydroxylation sites is 2. The average Bonchev–Trinajstić information content (AvgIpc) is 3.10. The van der Waals surface area contributed by atoms with E-state index in [0.29, 0.717) is 0 Å². The van der Waals surface area contributed by atoms with Gasteiger partial charge >= 0.3 is 0 Å². The summed E-state index contributed by atoms with van der Waals surface area (Å²) in [5, 5.41) is 9.22. The monoisotopic (exact) mass is 351 g/mol. The molecule has 1 heterocycles. The lowest BCUT2D eigenvalue weighted by molar-refractivity contribution is 0.175. The summed E-state index contributed by atoms with van der Waals surface area (Å²) in [6.45, 7) is 4.47. The minimum atomic E-state index is 0.253. The van der Waals surface area contributed by atoms with E-state index in [4.69, 9.17) is 4.74 Å². The maximum Gasteiger partial charge on any atom is 0.147 e. The fourth-order valence-electron chi connectivity index (χ4n) is 3.25. The predicted octanol–water partition coefficient (Wildman–Crippen LogP) is 5.94. The largest absolute Gasteiger partial charge is 0.488 e. The van der Waals surface area contributed by atoms with Crippen LogP contribution < -0.4 is 4.74 Å². The van der Waals surface area contributed by atoms with Crippen LogP contribution >= 0.6 is 0 Å². The first-order chi connectivity index (χ1) is 12.8. The molecule has 3 rings (SSSR count). The summed E-state index contributed by atoms with van der Waals surface area (Å²) in [5.74, 6) is 0.863. The quantitative estimate of drug-likeness (QED) is 0.424. The highest BCUT2D eigenvalue weighted by atomic mass is 16.5. The van der Waals surface area contributed by atoms with Gasteiger partial charge in [0.25, 0.3) is 0 Å². The van der Waals surface area contributed by atoms with Crippen LogP contribution in [0.15, 0.2) is 48.5 Å². The molecule has 0 saturated carbocycles. The number of unbranched alkanes of at least 4 members (excludes halogenated alkanes) is 3. The Labute approximate surface area is 156 Å². The molecule has 3 aromatic rings. The van der Waals surface area contributed by atoms with Crippen LogP contribution in [0.2, 0.25) is 0 Å². The molecule has 0 bridgehead atoms. The van der Waals surface area contributed by atoms with Gasteiger partial charge in [0.05, 0.1) is 6.10 Å². The molecule has 0 aliphatic rings. The van der Waals surface area contributed by atoms with Crippen molar-refractivity contribution in [2.45, 2.75) is 64.9 Å². The van der Waals surface area contributed by atoms with Crippen LogP contribution in [0.1, 0.15) is 58.8 Å². The van der Waals surface area contributed by atoms with Crippen LogP contribution in [0.25, 0.3) is 16.7 Å². The van der Waals surface area contributed by atoms with E-state index in [2.05, 4.69) is 24.0 Å². The van der Waals surface area contributed by atoms with Gasteiger partial charge in [-0.1, -0.05) is 63.8 Å². The topological polar surface area (TPSA) is 39.9 Å². The van der Waals surface area contributed by atoms with E-state index >= 15 is 0 Å². The Morgan fingerprint density at radius 2 is 1.50 bits per heavy atom. The van der Waals surface area contributed by atoms with Crippen LogP contribution in [-0.2, 0) is 0 Å². The average molecular weight is 351 g/mol. The molecule has 0 aliphatic carbocycles. The van der Waals surface area contributed by atoms with Crippen molar-refractivity contribution in [3.8, 4) is 11.4 Å². The number of rotatable bonds is 10. The van der Waals surface area contributed by atoms with Crippen LogP contribution in [0.4, 0.5) is 0 Å². The number of hydrogen-bond acceptors (Lipinski definition) is 3. The van der Waals surface area contributed by atoms with Gasteiger partial charge in [-0.05, 0) is 43.5 Å². The molecule has 1 aromatic heterocycles. The van der Waals surface area contributed by atoms with E-state index < -0.39 is 0 Å². The zero-order valence-electron chi connectivity index (χ0n) is 15.9. The second kappa shape index (κ2) is 9.37. The molecule has 4 heteroatoms. The maximum atomic E-state index is 6.42. The summed E-state index contributed by atoms with van der Waals surface area (Å²) >= 11 is 0. The molecular weight excluding hydrogens is 322 g/mol. The van der Waals surface area contributed by atoms with Gasteiger partial charge in [-0.3, -0.25) is 0 Å². The molecule has 0 N–H and O–H groups in total. The molecule has 0 radical (unpaired) electrons. The summed E-state index contributed by atoms with van der Waals surface area (Å²) in [4.78, 5) is 1.69. The van der Waals surface area contributed by atoms with E-state index in [-0.39, 0.29) is 6.10 Å². The molecule has 2 aromatic carbocycles. The molecule has 0 fully saturated rings. The first kappa shape index (κ1) is 18.4. The third-order valence-electron chi connectivity index (χ3n) is 4.65. The van der Waals surface area contributed by atoms with Crippen molar-refractivity contribution in [3.05, 3.63) is 48.5 Å². The Morgan fingerprint density at radius 1 is 0.808 bits per heavy atom. The fourth-order valence-corrected chi connectivity index (χ4v) is 3.25. The molecule has 1 unspecified atom stereocenters. The van der Waals surface area contributed by atoms with Crippen LogP contribution in [0.3, 0.4) is 0 Å². The summed E-state index contributed by atoms with van der Waals surface area (Å²) in [7, 11) is 0. The van der Waals surface area contributed by atoms with Gasteiger partial charge in [0.15, 0.2) is 0 Å². The third kappa shape index (κ3) is 4.63. The van der Waals surface area contributed by atoms with Gasteiger partial charge in [0.2, 0.25) is 0 Å². The summed E-state index contributed by atoms with van der Waals surface area (Å²) in [6.07, 6.45) is 8.65. The molecule has 26 heavy (non-hydrogen) atoms. The summed E-state index contributed by atoms with van der Waals surface area (Å²) < 4.78 is 6.42. The fraction of sp³-hybridized carbons (Fsp3) is 0.455. The zero-order valence-corrected chi connectivity index (χ0v) is 15.9. The van der Waals surface area contributed by atoms with Gasteiger partial charge < -0.3 is 4.74 Å². The highest BCUT2D eigenvalue weighted by Crippen LogP contribution is 2.26. The lowest BCUT2D eigenvalue weighted by Crippen LogP contribution is -2.17. The first-order valence-corrected chi connectivity index (χ1v) is 9.90. The molecule has 4 nitrogen and oxygen atoms in total. The Bertz CT molecular complexity index is 779. The second-order valence-corrected chi connectivity index (χ2v) is 6.82. The maximum absolute atomic E-state index is 6.42. The van der Waals surface area contributed by atoms with Gasteiger partial charge in [-0.25, -0.2) is 0 Å². The lowest BCUT2D eigenvalue weighted by Gasteiger charge is -2.20. The van der Waals surface area contributed by atoms with Gasteiger partial charge in [0.1, 0.15) is 22.5 Å². The number of ether oxygens (including phenoxy) is 1. The van der Waals surface area contributed by atoms with E-state index in [1.165, 1.54) is 25.7 Å². The van der Waals surface area contributed by atoms with Crippen molar-refractivity contribution in [2.24, 2.45) is 0 Å². The Morgan fingerprint density at radius 3 is 2.19 bits per heavy atom. The van der Waals surface area contributed by atoms with E-state index in [1.54, 1.807) is 4.80 Å². The molecule has 0 saturated heterocycles. The highest BCUT2D eigenvalue weighted by Gasteiger charge is 2.14. The van der Waals surface area contributed by atoms with Crippen molar-refractivity contribution in [1.29, 1.82) is 0 Å². The molecule has 0 spiro atoms. The van der Waals surface area contributed by atoms with Gasteiger partial charge in [-0.15, -0.1) is 15.0 Å². The number of aromatic nitrogens is 3.